The first-order valence-corrected chi connectivity index (χ1v) is 7.97. The maximum Gasteiger partial charge on any atom is 0.471 e. The SMILES string of the molecule is O=C(NCc1cn2cc(-c3noc(C(F)(F)F)n3)ccc2n1)c1ccncc1. The van der Waals surface area contributed by atoms with Crippen LogP contribution in [0.5, 0.6) is 0 Å². The van der Waals surface area contributed by atoms with E-state index in [1.54, 1.807) is 28.8 Å². The number of hydrogen-bond donors (Lipinski definition) is 1. The van der Waals surface area contributed by atoms with Gasteiger partial charge in [0.05, 0.1) is 12.2 Å². The normalized spacial score (nSPS) is 11.7. The number of nitrogens with zero attached hydrogens (tertiary/aromatic N) is 5. The Morgan fingerprint density at radius 2 is 1.89 bits per heavy atom. The fraction of sp³-hybridized carbons (Fsp3) is 0.118. The molecule has 0 spiro atoms. The molecule has 0 bridgehead atoms. The summed E-state index contributed by atoms with van der Waals surface area (Å²) < 4.78 is 43.6. The molecule has 0 saturated carbocycles. The van der Waals surface area contributed by atoms with Crippen LogP contribution in [-0.2, 0) is 12.7 Å². The van der Waals surface area contributed by atoms with E-state index in [-0.39, 0.29) is 18.3 Å². The quantitative estimate of drug-likeness (QED) is 0.577. The lowest BCUT2D eigenvalue weighted by Crippen LogP contribution is -2.22. The van der Waals surface area contributed by atoms with Gasteiger partial charge in [-0.15, -0.1) is 0 Å². The van der Waals surface area contributed by atoms with Gasteiger partial charge < -0.3 is 14.2 Å². The number of amides is 1. The number of rotatable bonds is 4. The second-order valence-corrected chi connectivity index (χ2v) is 5.75. The fourth-order valence-electron chi connectivity index (χ4n) is 2.49. The molecular formula is C17H11F3N6O2. The summed E-state index contributed by atoms with van der Waals surface area (Å²) in [7, 11) is 0. The van der Waals surface area contributed by atoms with Crippen LogP contribution in [0.4, 0.5) is 13.2 Å². The minimum Gasteiger partial charge on any atom is -0.346 e. The average Bonchev–Trinajstić information content (AvgIpc) is 3.32. The molecule has 4 aromatic rings. The largest absolute Gasteiger partial charge is 0.471 e. The van der Waals surface area contributed by atoms with Gasteiger partial charge in [0.2, 0.25) is 5.82 Å². The second kappa shape index (κ2) is 6.76. The first-order valence-electron chi connectivity index (χ1n) is 7.97. The van der Waals surface area contributed by atoms with E-state index in [4.69, 9.17) is 0 Å². The van der Waals surface area contributed by atoms with E-state index in [0.717, 1.165) is 0 Å². The molecule has 4 aromatic heterocycles. The number of alkyl halides is 3. The van der Waals surface area contributed by atoms with E-state index in [9.17, 15) is 18.0 Å². The topological polar surface area (TPSA) is 98.2 Å². The summed E-state index contributed by atoms with van der Waals surface area (Å²) in [6.45, 7) is 0.179. The molecule has 0 unspecified atom stereocenters. The zero-order chi connectivity index (χ0) is 19.7. The molecular weight excluding hydrogens is 377 g/mol. The number of imidazole rings is 1. The predicted octanol–water partition coefficient (Wildman–Crippen LogP) is 2.73. The van der Waals surface area contributed by atoms with Crippen LogP contribution in [0.2, 0.25) is 0 Å². The van der Waals surface area contributed by atoms with Gasteiger partial charge in [0.15, 0.2) is 0 Å². The number of hydrogen-bond acceptors (Lipinski definition) is 6. The highest BCUT2D eigenvalue weighted by molar-refractivity contribution is 5.93. The van der Waals surface area contributed by atoms with Crippen LogP contribution >= 0.6 is 0 Å². The summed E-state index contributed by atoms with van der Waals surface area (Å²) in [5.41, 5.74) is 1.93. The summed E-state index contributed by atoms with van der Waals surface area (Å²) in [6, 6.07) is 6.32. The molecule has 0 aliphatic rings. The van der Waals surface area contributed by atoms with Crippen LogP contribution < -0.4 is 5.32 Å². The van der Waals surface area contributed by atoms with Crippen molar-refractivity contribution in [2.45, 2.75) is 12.7 Å². The lowest BCUT2D eigenvalue weighted by molar-refractivity contribution is -0.159. The van der Waals surface area contributed by atoms with Crippen molar-refractivity contribution in [1.82, 2.24) is 29.8 Å². The Kier molecular flexibility index (Phi) is 4.26. The van der Waals surface area contributed by atoms with Crippen molar-refractivity contribution in [3.05, 3.63) is 66.2 Å². The fourth-order valence-corrected chi connectivity index (χ4v) is 2.49. The lowest BCUT2D eigenvalue weighted by Gasteiger charge is -2.02. The molecule has 0 fully saturated rings. The van der Waals surface area contributed by atoms with E-state index in [1.807, 2.05) is 0 Å². The van der Waals surface area contributed by atoms with Gasteiger partial charge >= 0.3 is 12.1 Å². The number of carbonyl (C=O) groups excluding carboxylic acids is 1. The average molecular weight is 388 g/mol. The zero-order valence-electron chi connectivity index (χ0n) is 14.0. The summed E-state index contributed by atoms with van der Waals surface area (Å²) in [5, 5.41) is 6.09. The second-order valence-electron chi connectivity index (χ2n) is 5.75. The predicted molar refractivity (Wildman–Crippen MR) is 88.9 cm³/mol. The Morgan fingerprint density at radius 3 is 2.61 bits per heavy atom. The highest BCUT2D eigenvalue weighted by Crippen LogP contribution is 2.29. The van der Waals surface area contributed by atoms with Crippen LogP contribution in [0, 0.1) is 0 Å². The highest BCUT2D eigenvalue weighted by Gasteiger charge is 2.38. The molecule has 0 aliphatic heterocycles. The Bertz CT molecular complexity index is 1140. The highest BCUT2D eigenvalue weighted by atomic mass is 19.4. The summed E-state index contributed by atoms with van der Waals surface area (Å²) >= 11 is 0. The van der Waals surface area contributed by atoms with Gasteiger partial charge in [-0.1, -0.05) is 5.16 Å². The number of aromatic nitrogens is 5. The third-order valence-electron chi connectivity index (χ3n) is 3.80. The van der Waals surface area contributed by atoms with Crippen molar-refractivity contribution in [2.75, 3.05) is 0 Å². The van der Waals surface area contributed by atoms with Gasteiger partial charge in [0, 0.05) is 35.9 Å². The van der Waals surface area contributed by atoms with Crippen LogP contribution in [0.1, 0.15) is 21.9 Å². The zero-order valence-corrected chi connectivity index (χ0v) is 14.0. The Hall–Kier alpha value is -3.76. The van der Waals surface area contributed by atoms with E-state index < -0.39 is 12.1 Å². The van der Waals surface area contributed by atoms with Gasteiger partial charge in [0.25, 0.3) is 5.91 Å². The van der Waals surface area contributed by atoms with Crippen molar-refractivity contribution >= 4 is 11.6 Å². The van der Waals surface area contributed by atoms with Gasteiger partial charge in [-0.25, -0.2) is 4.98 Å². The Balaban J connectivity index is 1.52. The lowest BCUT2D eigenvalue weighted by atomic mass is 10.2. The molecule has 1 N–H and O–H groups in total. The van der Waals surface area contributed by atoms with E-state index in [0.29, 0.717) is 22.5 Å². The van der Waals surface area contributed by atoms with Crippen molar-refractivity contribution in [3.63, 3.8) is 0 Å². The summed E-state index contributed by atoms with van der Waals surface area (Å²) in [5.74, 6) is -1.87. The molecule has 0 saturated heterocycles. The molecule has 4 heterocycles. The Labute approximate surface area is 155 Å². The number of halogens is 3. The third kappa shape index (κ3) is 3.54. The third-order valence-corrected chi connectivity index (χ3v) is 3.80. The number of fused-ring (bicyclic) bond motifs is 1. The smallest absolute Gasteiger partial charge is 0.346 e. The van der Waals surface area contributed by atoms with E-state index in [2.05, 4.69) is 29.9 Å². The van der Waals surface area contributed by atoms with Gasteiger partial charge in [-0.3, -0.25) is 9.78 Å². The number of carbonyl (C=O) groups is 1. The Morgan fingerprint density at radius 1 is 1.11 bits per heavy atom. The molecule has 4 rings (SSSR count). The molecule has 0 radical (unpaired) electrons. The first kappa shape index (κ1) is 17.6. The van der Waals surface area contributed by atoms with Gasteiger partial charge in [-0.05, 0) is 24.3 Å². The molecule has 1 amide bonds. The minimum atomic E-state index is -4.70. The molecule has 0 atom stereocenters. The maximum absolute atomic E-state index is 12.6. The number of pyridine rings is 2. The van der Waals surface area contributed by atoms with Crippen molar-refractivity contribution in [1.29, 1.82) is 0 Å². The van der Waals surface area contributed by atoms with Crippen molar-refractivity contribution < 1.29 is 22.5 Å². The molecule has 28 heavy (non-hydrogen) atoms. The molecule has 0 aromatic carbocycles. The summed E-state index contributed by atoms with van der Waals surface area (Å²) in [4.78, 5) is 23.6. The van der Waals surface area contributed by atoms with Crippen LogP contribution in [0.3, 0.4) is 0 Å². The molecule has 8 nitrogen and oxygen atoms in total. The molecule has 11 heteroatoms. The first-order chi connectivity index (χ1) is 13.4. The minimum absolute atomic E-state index is 0.179. The van der Waals surface area contributed by atoms with E-state index in [1.165, 1.54) is 24.7 Å². The van der Waals surface area contributed by atoms with Crippen molar-refractivity contribution in [3.8, 4) is 11.4 Å². The number of nitrogens with one attached hydrogen (secondary N) is 1. The maximum atomic E-state index is 12.6. The summed E-state index contributed by atoms with van der Waals surface area (Å²) in [6.07, 6.45) is 1.51. The van der Waals surface area contributed by atoms with Crippen LogP contribution in [0.15, 0.2) is 53.6 Å². The standard InChI is InChI=1S/C17H11F3N6O2/c18-17(19,20)16-24-14(25-28-16)11-1-2-13-23-12(9-26(13)8-11)7-22-15(27)10-3-5-21-6-4-10/h1-6,8-9H,7H2,(H,22,27). The van der Waals surface area contributed by atoms with E-state index >= 15 is 0 Å². The van der Waals surface area contributed by atoms with Crippen LogP contribution in [0.25, 0.3) is 17.0 Å². The molecule has 142 valence electrons. The van der Waals surface area contributed by atoms with Gasteiger partial charge in [-0.2, -0.15) is 18.2 Å². The van der Waals surface area contributed by atoms with Gasteiger partial charge in [0.1, 0.15) is 5.65 Å². The molecule has 0 aliphatic carbocycles. The monoisotopic (exact) mass is 388 g/mol. The van der Waals surface area contributed by atoms with Crippen LogP contribution in [-0.4, -0.2) is 30.4 Å². The van der Waals surface area contributed by atoms with Crippen molar-refractivity contribution in [2.24, 2.45) is 0 Å².